The SMILES string of the molecule is Cc1cnn(C[C@H](C)N[C@@H](C)c2nnc(-c3cccs3)o2)c1. The Morgan fingerprint density at radius 1 is 1.36 bits per heavy atom. The summed E-state index contributed by atoms with van der Waals surface area (Å²) in [6.45, 7) is 6.97. The smallest absolute Gasteiger partial charge is 0.257 e. The molecule has 3 aromatic heterocycles. The highest BCUT2D eigenvalue weighted by atomic mass is 32.1. The van der Waals surface area contributed by atoms with Crippen molar-refractivity contribution in [3.05, 3.63) is 41.4 Å². The van der Waals surface area contributed by atoms with Crippen LogP contribution in [0.3, 0.4) is 0 Å². The quantitative estimate of drug-likeness (QED) is 0.757. The molecule has 116 valence electrons. The Bertz CT molecular complexity index is 718. The number of nitrogens with zero attached hydrogens (tertiary/aromatic N) is 4. The molecule has 0 amide bonds. The van der Waals surface area contributed by atoms with Gasteiger partial charge in [0.05, 0.1) is 23.7 Å². The predicted molar refractivity (Wildman–Crippen MR) is 85.6 cm³/mol. The minimum atomic E-state index is -0.00660. The molecule has 6 nitrogen and oxygen atoms in total. The van der Waals surface area contributed by atoms with E-state index in [1.54, 1.807) is 11.3 Å². The minimum Gasteiger partial charge on any atom is -0.418 e. The van der Waals surface area contributed by atoms with E-state index in [1.165, 1.54) is 0 Å². The first-order valence-electron chi connectivity index (χ1n) is 7.24. The van der Waals surface area contributed by atoms with E-state index in [0.717, 1.165) is 17.0 Å². The molecule has 3 heterocycles. The Hall–Kier alpha value is -1.99. The Balaban J connectivity index is 1.60. The van der Waals surface area contributed by atoms with E-state index in [0.29, 0.717) is 11.8 Å². The van der Waals surface area contributed by atoms with Crippen LogP contribution in [0, 0.1) is 6.92 Å². The van der Waals surface area contributed by atoms with Crippen LogP contribution in [0.15, 0.2) is 34.3 Å². The van der Waals surface area contributed by atoms with Gasteiger partial charge in [-0.15, -0.1) is 21.5 Å². The normalized spacial score (nSPS) is 14.1. The highest BCUT2D eigenvalue weighted by molar-refractivity contribution is 7.13. The number of nitrogens with one attached hydrogen (secondary N) is 1. The lowest BCUT2D eigenvalue weighted by atomic mass is 10.2. The number of aromatic nitrogens is 4. The summed E-state index contributed by atoms with van der Waals surface area (Å²) >= 11 is 1.59. The van der Waals surface area contributed by atoms with Gasteiger partial charge in [-0.3, -0.25) is 4.68 Å². The minimum absolute atomic E-state index is 0.00660. The van der Waals surface area contributed by atoms with Gasteiger partial charge >= 0.3 is 0 Å². The lowest BCUT2D eigenvalue weighted by Gasteiger charge is -2.17. The van der Waals surface area contributed by atoms with Gasteiger partial charge in [-0.05, 0) is 37.8 Å². The van der Waals surface area contributed by atoms with Gasteiger partial charge in [0, 0.05) is 12.2 Å². The number of hydrogen-bond donors (Lipinski definition) is 1. The van der Waals surface area contributed by atoms with Gasteiger partial charge in [0.1, 0.15) is 0 Å². The molecule has 0 spiro atoms. The summed E-state index contributed by atoms with van der Waals surface area (Å²) < 4.78 is 7.68. The van der Waals surface area contributed by atoms with E-state index in [2.05, 4.69) is 27.5 Å². The molecule has 0 aliphatic heterocycles. The van der Waals surface area contributed by atoms with Crippen LogP contribution in [0.25, 0.3) is 10.8 Å². The molecule has 0 unspecified atom stereocenters. The lowest BCUT2D eigenvalue weighted by Crippen LogP contribution is -2.33. The van der Waals surface area contributed by atoms with Crippen LogP contribution in [0.1, 0.15) is 31.3 Å². The summed E-state index contributed by atoms with van der Waals surface area (Å²) in [6.07, 6.45) is 3.89. The highest BCUT2D eigenvalue weighted by Crippen LogP contribution is 2.24. The molecule has 3 rings (SSSR count). The molecular formula is C15H19N5OS. The number of aryl methyl sites for hydroxylation is 1. The molecule has 3 aromatic rings. The van der Waals surface area contributed by atoms with Crippen molar-refractivity contribution < 1.29 is 4.42 Å². The van der Waals surface area contributed by atoms with Crippen molar-refractivity contribution in [3.8, 4) is 10.8 Å². The largest absolute Gasteiger partial charge is 0.418 e. The Morgan fingerprint density at radius 3 is 2.91 bits per heavy atom. The fraction of sp³-hybridized carbons (Fsp3) is 0.400. The first-order chi connectivity index (χ1) is 10.6. The standard InChI is InChI=1S/C15H19N5OS/c1-10-7-16-20(8-10)9-11(2)17-12(3)14-18-19-15(21-14)13-5-4-6-22-13/h4-8,11-12,17H,9H2,1-3H3/t11-,12-/m0/s1. The Morgan fingerprint density at radius 2 is 2.23 bits per heavy atom. The van der Waals surface area contributed by atoms with Crippen molar-refractivity contribution in [2.24, 2.45) is 0 Å². The third kappa shape index (κ3) is 3.42. The van der Waals surface area contributed by atoms with Gasteiger partial charge in [-0.25, -0.2) is 0 Å². The molecule has 0 saturated heterocycles. The molecule has 1 N–H and O–H groups in total. The molecule has 0 aliphatic carbocycles. The fourth-order valence-corrected chi connectivity index (χ4v) is 2.95. The zero-order valence-corrected chi connectivity index (χ0v) is 13.7. The van der Waals surface area contributed by atoms with Crippen LogP contribution >= 0.6 is 11.3 Å². The first-order valence-corrected chi connectivity index (χ1v) is 8.12. The van der Waals surface area contributed by atoms with Crippen LogP contribution in [-0.4, -0.2) is 26.0 Å². The van der Waals surface area contributed by atoms with Gasteiger partial charge < -0.3 is 9.73 Å². The van der Waals surface area contributed by atoms with Crippen LogP contribution in [-0.2, 0) is 6.54 Å². The van der Waals surface area contributed by atoms with Gasteiger partial charge in [0.15, 0.2) is 0 Å². The van der Waals surface area contributed by atoms with Crippen molar-refractivity contribution in [1.82, 2.24) is 25.3 Å². The number of hydrogen-bond acceptors (Lipinski definition) is 6. The predicted octanol–water partition coefficient (Wildman–Crippen LogP) is 3.04. The number of thiophene rings is 1. The van der Waals surface area contributed by atoms with E-state index < -0.39 is 0 Å². The average molecular weight is 317 g/mol. The fourth-order valence-electron chi connectivity index (χ4n) is 2.31. The zero-order valence-electron chi connectivity index (χ0n) is 12.9. The third-order valence-electron chi connectivity index (χ3n) is 3.30. The molecule has 0 saturated carbocycles. The molecule has 0 fully saturated rings. The maximum Gasteiger partial charge on any atom is 0.257 e. The van der Waals surface area contributed by atoms with Crippen molar-refractivity contribution >= 4 is 11.3 Å². The summed E-state index contributed by atoms with van der Waals surface area (Å²) in [6, 6.07) is 4.18. The van der Waals surface area contributed by atoms with Crippen LogP contribution in [0.4, 0.5) is 0 Å². The molecule has 22 heavy (non-hydrogen) atoms. The van der Waals surface area contributed by atoms with Crippen molar-refractivity contribution in [3.63, 3.8) is 0 Å². The topological polar surface area (TPSA) is 68.8 Å². The summed E-state index contributed by atoms with van der Waals surface area (Å²) in [4.78, 5) is 0.992. The summed E-state index contributed by atoms with van der Waals surface area (Å²) in [7, 11) is 0. The van der Waals surface area contributed by atoms with Crippen molar-refractivity contribution in [1.29, 1.82) is 0 Å². The van der Waals surface area contributed by atoms with Gasteiger partial charge in [0.25, 0.3) is 5.89 Å². The van der Waals surface area contributed by atoms with Gasteiger partial charge in [-0.1, -0.05) is 6.07 Å². The van der Waals surface area contributed by atoms with Crippen molar-refractivity contribution in [2.75, 3.05) is 0 Å². The highest BCUT2D eigenvalue weighted by Gasteiger charge is 2.17. The van der Waals surface area contributed by atoms with Crippen molar-refractivity contribution in [2.45, 2.75) is 39.4 Å². The van der Waals surface area contributed by atoms with Gasteiger partial charge in [-0.2, -0.15) is 5.10 Å². The van der Waals surface area contributed by atoms with E-state index in [-0.39, 0.29) is 12.1 Å². The van der Waals surface area contributed by atoms with E-state index in [9.17, 15) is 0 Å². The molecule has 0 bridgehead atoms. The molecule has 0 aliphatic rings. The van der Waals surface area contributed by atoms with Crippen LogP contribution in [0.2, 0.25) is 0 Å². The second kappa shape index (κ2) is 6.41. The van der Waals surface area contributed by atoms with E-state index in [1.807, 2.05) is 48.4 Å². The molecular weight excluding hydrogens is 298 g/mol. The molecule has 0 radical (unpaired) electrons. The van der Waals surface area contributed by atoms with E-state index in [4.69, 9.17) is 4.42 Å². The second-order valence-electron chi connectivity index (χ2n) is 5.45. The Kier molecular flexibility index (Phi) is 4.35. The van der Waals surface area contributed by atoms with Gasteiger partial charge in [0.2, 0.25) is 5.89 Å². The maximum atomic E-state index is 5.75. The monoisotopic (exact) mass is 317 g/mol. The molecule has 2 atom stereocenters. The summed E-state index contributed by atoms with van der Waals surface area (Å²) in [5.41, 5.74) is 1.16. The molecule has 0 aromatic carbocycles. The average Bonchev–Trinajstić information content (AvgIpc) is 3.18. The second-order valence-corrected chi connectivity index (χ2v) is 6.40. The van der Waals surface area contributed by atoms with E-state index >= 15 is 0 Å². The lowest BCUT2D eigenvalue weighted by molar-refractivity contribution is 0.362. The van der Waals surface area contributed by atoms with Crippen LogP contribution in [0.5, 0.6) is 0 Å². The third-order valence-corrected chi connectivity index (χ3v) is 4.16. The summed E-state index contributed by atoms with van der Waals surface area (Å²) in [5, 5.41) is 18.0. The van der Waals surface area contributed by atoms with Crippen LogP contribution < -0.4 is 5.32 Å². The maximum absolute atomic E-state index is 5.75. The number of rotatable bonds is 6. The molecule has 7 heteroatoms. The Labute approximate surface area is 133 Å². The first kappa shape index (κ1) is 14.9. The zero-order chi connectivity index (χ0) is 15.5. The summed E-state index contributed by atoms with van der Waals surface area (Å²) in [5.74, 6) is 1.18.